The largest absolute Gasteiger partial charge is 0.454 e. The highest BCUT2D eigenvalue weighted by atomic mass is 16.5. The predicted molar refractivity (Wildman–Crippen MR) is 110 cm³/mol. The second-order valence-electron chi connectivity index (χ2n) is 7.21. The molecule has 4 heterocycles. The Kier molecular flexibility index (Phi) is 3.35. The lowest BCUT2D eigenvalue weighted by molar-refractivity contribution is -0.671. The molecule has 2 aliphatic heterocycles. The van der Waals surface area contributed by atoms with Crippen molar-refractivity contribution in [2.45, 2.75) is 0 Å². The third kappa shape index (κ3) is 2.39. The van der Waals surface area contributed by atoms with E-state index in [1.165, 1.54) is 0 Å². The lowest BCUT2D eigenvalue weighted by Crippen LogP contribution is -2.27. The van der Waals surface area contributed by atoms with Crippen LogP contribution in [0.2, 0.25) is 0 Å². The van der Waals surface area contributed by atoms with Crippen molar-refractivity contribution in [2.75, 3.05) is 0 Å². The smallest absolute Gasteiger partial charge is 0.212 e. The normalized spacial score (nSPS) is 15.9. The van der Waals surface area contributed by atoms with Gasteiger partial charge in [0.2, 0.25) is 6.20 Å². The zero-order valence-electron chi connectivity index (χ0n) is 15.8. The summed E-state index contributed by atoms with van der Waals surface area (Å²) < 4.78 is 14.4. The first-order valence-electron chi connectivity index (χ1n) is 9.52. The molecule has 0 radical (unpaired) electrons. The van der Waals surface area contributed by atoms with Crippen LogP contribution in [0.1, 0.15) is 22.3 Å². The Morgan fingerprint density at radius 3 is 1.97 bits per heavy atom. The molecule has 0 N–H and O–H groups in total. The molecule has 138 valence electrons. The summed E-state index contributed by atoms with van der Waals surface area (Å²) in [7, 11) is 2.00. The van der Waals surface area contributed by atoms with Gasteiger partial charge < -0.3 is 9.47 Å². The summed E-state index contributed by atoms with van der Waals surface area (Å²) in [5.74, 6) is 3.30. The van der Waals surface area contributed by atoms with Crippen molar-refractivity contribution < 1.29 is 14.0 Å². The van der Waals surface area contributed by atoms with Gasteiger partial charge in [0.15, 0.2) is 17.7 Å². The van der Waals surface area contributed by atoms with Gasteiger partial charge >= 0.3 is 0 Å². The maximum Gasteiger partial charge on any atom is 0.212 e. The van der Waals surface area contributed by atoms with Crippen molar-refractivity contribution in [3.63, 3.8) is 0 Å². The van der Waals surface area contributed by atoms with Gasteiger partial charge in [-0.1, -0.05) is 36.4 Å². The molecule has 0 unspecified atom stereocenters. The van der Waals surface area contributed by atoms with Crippen LogP contribution >= 0.6 is 0 Å². The molecule has 0 saturated carbocycles. The van der Waals surface area contributed by atoms with E-state index in [0.717, 1.165) is 56.4 Å². The van der Waals surface area contributed by atoms with Gasteiger partial charge in [-0.05, 0) is 18.2 Å². The second kappa shape index (κ2) is 6.04. The van der Waals surface area contributed by atoms with Crippen molar-refractivity contribution in [3.8, 4) is 23.0 Å². The van der Waals surface area contributed by atoms with Gasteiger partial charge in [-0.2, -0.15) is 0 Å². The minimum absolute atomic E-state index is 0.765. The highest BCUT2D eigenvalue weighted by molar-refractivity contribution is 6.09. The fourth-order valence-electron chi connectivity index (χ4n) is 4.12. The molecular weight excluding hydrogens is 360 g/mol. The molecule has 0 atom stereocenters. The van der Waals surface area contributed by atoms with E-state index in [1.807, 2.05) is 60.4 Å². The molecule has 6 rings (SSSR count). The Hall–Kier alpha value is -3.92. The van der Waals surface area contributed by atoms with Gasteiger partial charge in [-0.25, -0.2) is 4.57 Å². The molecular formula is C25H17N2O2+. The summed E-state index contributed by atoms with van der Waals surface area (Å²) in [5.41, 5.74) is 6.52. The summed E-state index contributed by atoms with van der Waals surface area (Å²) >= 11 is 0. The lowest BCUT2D eigenvalue weighted by Gasteiger charge is -2.28. The van der Waals surface area contributed by atoms with E-state index in [-0.39, 0.29) is 0 Å². The third-order valence-corrected chi connectivity index (χ3v) is 5.39. The highest BCUT2D eigenvalue weighted by Crippen LogP contribution is 2.52. The second-order valence-corrected chi connectivity index (χ2v) is 7.21. The van der Waals surface area contributed by atoms with Crippen LogP contribution < -0.4 is 14.0 Å². The third-order valence-electron chi connectivity index (χ3n) is 5.39. The Labute approximate surface area is 168 Å². The molecule has 4 heteroatoms. The number of benzene rings is 2. The summed E-state index contributed by atoms with van der Waals surface area (Å²) in [5, 5.41) is 0. The SMILES string of the molecule is C[n+]1ccc2c(c1)Oc1ccccc1/C2=C1/c2ccccc2Oc2cnccc21. The van der Waals surface area contributed by atoms with E-state index in [1.54, 1.807) is 6.20 Å². The monoisotopic (exact) mass is 377 g/mol. The molecule has 0 saturated heterocycles. The van der Waals surface area contributed by atoms with Gasteiger partial charge in [0, 0.05) is 45.7 Å². The fourth-order valence-corrected chi connectivity index (χ4v) is 4.12. The molecule has 0 spiro atoms. The summed E-state index contributed by atoms with van der Waals surface area (Å²) in [6, 6.07) is 20.5. The van der Waals surface area contributed by atoms with Crippen LogP contribution in [0.4, 0.5) is 0 Å². The Morgan fingerprint density at radius 1 is 0.655 bits per heavy atom. The van der Waals surface area contributed by atoms with E-state index in [9.17, 15) is 0 Å². The van der Waals surface area contributed by atoms with Gasteiger partial charge in [0.05, 0.1) is 6.20 Å². The Balaban J connectivity index is 1.79. The number of para-hydroxylation sites is 2. The van der Waals surface area contributed by atoms with Crippen molar-refractivity contribution in [1.29, 1.82) is 0 Å². The average molecular weight is 377 g/mol. The average Bonchev–Trinajstić information content (AvgIpc) is 2.76. The van der Waals surface area contributed by atoms with Gasteiger partial charge in [-0.3, -0.25) is 4.98 Å². The number of pyridine rings is 2. The Bertz CT molecular complexity index is 1280. The highest BCUT2D eigenvalue weighted by Gasteiger charge is 2.31. The molecule has 29 heavy (non-hydrogen) atoms. The van der Waals surface area contributed by atoms with Crippen LogP contribution in [-0.2, 0) is 7.05 Å². The lowest BCUT2D eigenvalue weighted by atomic mass is 9.83. The summed E-state index contributed by atoms with van der Waals surface area (Å²) in [6.07, 6.45) is 7.66. The van der Waals surface area contributed by atoms with Crippen molar-refractivity contribution in [1.82, 2.24) is 4.98 Å². The van der Waals surface area contributed by atoms with E-state index in [0.29, 0.717) is 0 Å². The molecule has 2 aromatic carbocycles. The molecule has 2 aliphatic rings. The first-order chi connectivity index (χ1) is 14.3. The predicted octanol–water partition coefficient (Wildman–Crippen LogP) is 5.12. The van der Waals surface area contributed by atoms with Crippen molar-refractivity contribution >= 4 is 11.1 Å². The number of rotatable bonds is 0. The van der Waals surface area contributed by atoms with Gasteiger partial charge in [0.25, 0.3) is 0 Å². The molecule has 4 aromatic rings. The molecule has 0 fully saturated rings. The number of hydrogen-bond donors (Lipinski definition) is 0. The van der Waals surface area contributed by atoms with Gasteiger partial charge in [0.1, 0.15) is 18.5 Å². The molecule has 0 aliphatic carbocycles. The summed E-state index contributed by atoms with van der Waals surface area (Å²) in [6.45, 7) is 0. The number of ether oxygens (including phenoxy) is 2. The number of nitrogens with zero attached hydrogens (tertiary/aromatic N) is 2. The molecule has 0 bridgehead atoms. The van der Waals surface area contributed by atoms with Crippen LogP contribution in [-0.4, -0.2) is 4.98 Å². The molecule has 0 amide bonds. The first-order valence-corrected chi connectivity index (χ1v) is 9.52. The van der Waals surface area contributed by atoms with E-state index in [4.69, 9.17) is 9.47 Å². The van der Waals surface area contributed by atoms with Crippen molar-refractivity contribution in [3.05, 3.63) is 108 Å². The zero-order chi connectivity index (χ0) is 19.4. The summed E-state index contributed by atoms with van der Waals surface area (Å²) in [4.78, 5) is 4.28. The maximum atomic E-state index is 6.26. The van der Waals surface area contributed by atoms with Gasteiger partial charge in [-0.15, -0.1) is 0 Å². The Morgan fingerprint density at radius 2 is 1.24 bits per heavy atom. The number of aryl methyl sites for hydroxylation is 1. The fraction of sp³-hybridized carbons (Fsp3) is 0.0400. The van der Waals surface area contributed by atoms with E-state index in [2.05, 4.69) is 35.4 Å². The minimum atomic E-state index is 0.765. The zero-order valence-corrected chi connectivity index (χ0v) is 15.8. The first kappa shape index (κ1) is 16.1. The van der Waals surface area contributed by atoms with E-state index >= 15 is 0 Å². The topological polar surface area (TPSA) is 35.2 Å². The quantitative estimate of drug-likeness (QED) is 0.345. The van der Waals surface area contributed by atoms with Crippen LogP contribution in [0.3, 0.4) is 0 Å². The standard InChI is InChI=1S/C25H17N2O2/c1-27-13-11-19-23(15-27)29-21-9-5-3-7-17(21)25(19)24-16-6-2-4-8-20(16)28-22-14-26-12-10-18(22)24/h2-15H,1H3/q+1/b25-24+. The van der Waals surface area contributed by atoms with Crippen molar-refractivity contribution in [2.24, 2.45) is 7.05 Å². The molecule has 2 aromatic heterocycles. The maximum absolute atomic E-state index is 6.26. The van der Waals surface area contributed by atoms with Crippen LogP contribution in [0, 0.1) is 0 Å². The molecule has 4 nitrogen and oxygen atoms in total. The number of aromatic nitrogens is 2. The number of hydrogen-bond acceptors (Lipinski definition) is 3. The van der Waals surface area contributed by atoms with Crippen LogP contribution in [0.25, 0.3) is 11.1 Å². The number of fused-ring (bicyclic) bond motifs is 4. The van der Waals surface area contributed by atoms with Crippen LogP contribution in [0.15, 0.2) is 85.5 Å². The van der Waals surface area contributed by atoms with Crippen LogP contribution in [0.5, 0.6) is 23.0 Å². The van der Waals surface area contributed by atoms with E-state index < -0.39 is 0 Å². The minimum Gasteiger partial charge on any atom is -0.454 e.